The Balaban J connectivity index is 1.39. The topological polar surface area (TPSA) is 311 Å². The van der Waals surface area contributed by atoms with Crippen LogP contribution in [0.5, 0.6) is 0 Å². The molecule has 512 valence electrons. The molecule has 0 aliphatic carbocycles. The van der Waals surface area contributed by atoms with Crippen LogP contribution in [0, 0.1) is 0 Å². The third-order valence-corrected chi connectivity index (χ3v) is 16.6. The number of esters is 2. The maximum atomic E-state index is 13.4. The number of carbonyl (C=O) groups excluding carboxylic acids is 2. The third-order valence-electron chi connectivity index (χ3n) is 16.6. The van der Waals surface area contributed by atoms with Crippen molar-refractivity contribution in [2.45, 2.75) is 198 Å². The molecular weight excluding hydrogens is 1180 g/mol. The van der Waals surface area contributed by atoms with E-state index in [0.29, 0.717) is 0 Å². The predicted octanol–water partition coefficient (Wildman–Crippen LogP) is -1.45. The lowest BCUT2D eigenvalue weighted by molar-refractivity contribution is -0.409. The van der Waals surface area contributed by atoms with Gasteiger partial charge in [-0.15, -0.1) is 0 Å². The zero-order valence-corrected chi connectivity index (χ0v) is 53.6. The molecule has 0 unspecified atom stereocenters. The fourth-order valence-corrected chi connectivity index (χ4v) is 12.9. The number of rotatable bonds is 24. The summed E-state index contributed by atoms with van der Waals surface area (Å²) in [5.41, 5.74) is 0. The molecule has 22 fully saturated rings. The van der Waals surface area contributed by atoms with Gasteiger partial charge in [0.05, 0.1) is 39.6 Å². The van der Waals surface area contributed by atoms with Crippen LogP contribution in [-0.4, -0.2) is 350 Å². The summed E-state index contributed by atoms with van der Waals surface area (Å²) < 4.78 is 191. The lowest BCUT2D eigenvalue weighted by Crippen LogP contribution is -2.70. The van der Waals surface area contributed by atoms with E-state index >= 15 is 0 Å². The van der Waals surface area contributed by atoms with Crippen molar-refractivity contribution in [1.82, 2.24) is 0 Å². The molecule has 0 radical (unpaired) electrons. The maximum absolute atomic E-state index is 13.4. The molecule has 30 atom stereocenters. The van der Waals surface area contributed by atoms with Crippen molar-refractivity contribution in [2.24, 2.45) is 0 Å². The molecule has 32 heteroatoms. The smallest absolute Gasteiger partial charge is 0.303 e. The highest BCUT2D eigenvalue weighted by Crippen LogP contribution is 2.42. The van der Waals surface area contributed by atoms with Gasteiger partial charge in [0.25, 0.3) is 0 Å². The minimum absolute atomic E-state index is 0.0376. The van der Waals surface area contributed by atoms with Gasteiger partial charge in [-0.3, -0.25) is 9.59 Å². The molecule has 22 aliphatic rings. The second-order valence-electron chi connectivity index (χ2n) is 21.7. The van der Waals surface area contributed by atoms with E-state index in [-0.39, 0.29) is 39.6 Å². The van der Waals surface area contributed by atoms with Gasteiger partial charge in [-0.05, 0) is 0 Å². The molecule has 32 nitrogen and oxygen atoms in total. The Morgan fingerprint density at radius 2 is 0.386 bits per heavy atom. The summed E-state index contributed by atoms with van der Waals surface area (Å²) in [4.78, 5) is 26.7. The van der Waals surface area contributed by atoms with Crippen LogP contribution >= 0.6 is 0 Å². The highest BCUT2D eigenvalue weighted by molar-refractivity contribution is 5.67. The normalized spacial score (nSPS) is 44.3. The van der Waals surface area contributed by atoms with E-state index in [9.17, 15) is 9.59 Å². The average molecular weight is 1280 g/mol. The van der Waals surface area contributed by atoms with Crippen LogP contribution in [0.1, 0.15) is 13.8 Å². The third kappa shape index (κ3) is 16.3. The van der Waals surface area contributed by atoms with E-state index in [1.807, 2.05) is 0 Å². The van der Waals surface area contributed by atoms with Gasteiger partial charge in [0.2, 0.25) is 0 Å². The number of hydrogen-bond acceptors (Lipinski definition) is 32. The lowest BCUT2D eigenvalue weighted by atomic mass is 9.94. The van der Waals surface area contributed by atoms with Crippen LogP contribution in [0.2, 0.25) is 0 Å². The number of methoxy groups -OCH3 is 16. The van der Waals surface area contributed by atoms with Gasteiger partial charge in [-0.2, -0.15) is 0 Å². The zero-order chi connectivity index (χ0) is 63.9. The SMILES string of the molecule is COC[C@H]1O[C@@H]2O[C@H]3[C@H](OC)[C@@H](OC)[C@@H](O[C@H]4[C@H](OC)[C@@H](OC)[C@@H](O[C@H]5[C@H](OC(C)=O)[C@@H](OC(C)=O)[C@@H](O[C@H]6[C@H](OC)[C@@H](OC)[C@@H](O[C@H]7[C@H](OC)[C@@H](OC)[C@@H](O[C@H]1[C@H](OC)[C@H]2OC)O[C@@H]7COC)O[C@@H]6COC)O[C@@H]5COC)O[C@@H]4COC)O[C@@H]3COC. The van der Waals surface area contributed by atoms with Gasteiger partial charge in [-0.1, -0.05) is 0 Å². The summed E-state index contributed by atoms with van der Waals surface area (Å²) in [6.07, 6.45) is -34.2. The second kappa shape index (κ2) is 35.4. The Labute approximate surface area is 513 Å². The van der Waals surface area contributed by atoms with Crippen molar-refractivity contribution < 1.29 is 152 Å². The summed E-state index contributed by atoms with van der Waals surface area (Å²) in [7, 11) is 23.5. The van der Waals surface area contributed by atoms with Crippen molar-refractivity contribution >= 4 is 11.9 Å². The minimum atomic E-state index is -1.58. The average Bonchev–Trinajstić information content (AvgIpc) is 1.08. The van der Waals surface area contributed by atoms with Gasteiger partial charge in [-0.25, -0.2) is 0 Å². The molecule has 22 aliphatic heterocycles. The quantitative estimate of drug-likeness (QED) is 0.0999. The standard InChI is InChI=1S/C56H96O32/c1-25(57)75-44-38-32(24-64-8)82-56(50(44)76-26(2)58)87-37-31(23-63-7)80-54(48(73-17)43(37)69-13)85-35-29(21-61-5)78-52(46(71-15)41(35)67-11)83-33-27(19-59-3)77-51(45(70-14)39(33)65-9)84-34-28(20-60-4)79-53(47(72-16)40(34)66-10)86-36-30(22-62-6)81-55(88-38)49(74-18)42(36)68-12/h27-56H,19-24H2,1-18H3/t27-,28-,29-,30-,31-,32-,33-,34-,35-,36-,37-,38-,39+,40+,41+,42+,43+,44+,45-,46-,47-,48-,49-,50-,51-,52-,53-,54-,55-,56-/m1/s1. The van der Waals surface area contributed by atoms with Gasteiger partial charge < -0.3 is 142 Å². The Hall–Kier alpha value is -2.18. The Morgan fingerprint density at radius 3 is 0.545 bits per heavy atom. The molecule has 0 aromatic carbocycles. The number of carbonyl (C=O) groups is 2. The van der Waals surface area contributed by atoms with Crippen LogP contribution in [0.25, 0.3) is 0 Å². The monoisotopic (exact) mass is 1280 g/mol. The van der Waals surface area contributed by atoms with Crippen LogP contribution in [-0.2, 0) is 152 Å². The van der Waals surface area contributed by atoms with Crippen LogP contribution < -0.4 is 0 Å². The molecule has 88 heavy (non-hydrogen) atoms. The predicted molar refractivity (Wildman–Crippen MR) is 292 cm³/mol. The largest absolute Gasteiger partial charge is 0.455 e. The van der Waals surface area contributed by atoms with E-state index in [0.717, 1.165) is 0 Å². The minimum Gasteiger partial charge on any atom is -0.455 e. The van der Waals surface area contributed by atoms with E-state index in [4.69, 9.17) is 142 Å². The fourth-order valence-electron chi connectivity index (χ4n) is 12.9. The first kappa shape index (κ1) is 73.2. The van der Waals surface area contributed by atoms with Crippen molar-refractivity contribution in [3.8, 4) is 0 Å². The van der Waals surface area contributed by atoms with Crippen molar-refractivity contribution in [3.05, 3.63) is 0 Å². The van der Waals surface area contributed by atoms with E-state index in [1.54, 1.807) is 0 Å². The van der Waals surface area contributed by atoms with Gasteiger partial charge in [0, 0.05) is 128 Å². The van der Waals surface area contributed by atoms with Gasteiger partial charge >= 0.3 is 11.9 Å². The molecule has 0 spiro atoms. The van der Waals surface area contributed by atoms with E-state index in [2.05, 4.69) is 0 Å². The first-order valence-electron chi connectivity index (χ1n) is 29.0. The molecule has 0 amide bonds. The second-order valence-corrected chi connectivity index (χ2v) is 21.7. The highest BCUT2D eigenvalue weighted by atomic mass is 16.8. The summed E-state index contributed by atoms with van der Waals surface area (Å²) in [5, 5.41) is 0. The molecule has 22 saturated heterocycles. The van der Waals surface area contributed by atoms with Crippen molar-refractivity contribution in [2.75, 3.05) is 153 Å². The van der Waals surface area contributed by atoms with Crippen LogP contribution in [0.15, 0.2) is 0 Å². The summed E-state index contributed by atoms with van der Waals surface area (Å²) >= 11 is 0. The molecule has 22 rings (SSSR count). The summed E-state index contributed by atoms with van der Waals surface area (Å²) in [6.45, 7) is 1.75. The number of hydrogen-bond donors (Lipinski definition) is 0. The zero-order valence-electron chi connectivity index (χ0n) is 53.6. The highest BCUT2D eigenvalue weighted by Gasteiger charge is 2.62. The van der Waals surface area contributed by atoms with E-state index < -0.39 is 196 Å². The molecule has 0 saturated carbocycles. The van der Waals surface area contributed by atoms with Crippen LogP contribution in [0.3, 0.4) is 0 Å². The van der Waals surface area contributed by atoms with Crippen molar-refractivity contribution in [1.29, 1.82) is 0 Å². The Kier molecular flexibility index (Phi) is 29.4. The Morgan fingerprint density at radius 1 is 0.227 bits per heavy atom. The first-order valence-corrected chi connectivity index (χ1v) is 29.0. The summed E-state index contributed by atoms with van der Waals surface area (Å²) in [5.74, 6) is -1.58. The molecule has 12 bridgehead atoms. The number of ether oxygens (including phenoxy) is 30. The van der Waals surface area contributed by atoms with Gasteiger partial charge in [0.1, 0.15) is 134 Å². The Bertz CT molecular complexity index is 2040. The maximum Gasteiger partial charge on any atom is 0.303 e. The molecule has 22 heterocycles. The molecule has 0 aromatic heterocycles. The fraction of sp³-hybridized carbons (Fsp3) is 0.964. The molecule has 0 N–H and O–H groups in total. The molecular formula is C56H96O32. The van der Waals surface area contributed by atoms with E-state index in [1.165, 1.54) is 128 Å². The lowest BCUT2D eigenvalue weighted by Gasteiger charge is -2.53. The molecule has 0 aromatic rings. The first-order chi connectivity index (χ1) is 42.6. The summed E-state index contributed by atoms with van der Waals surface area (Å²) in [6, 6.07) is 0. The van der Waals surface area contributed by atoms with Crippen molar-refractivity contribution in [3.63, 3.8) is 0 Å². The van der Waals surface area contributed by atoms with Gasteiger partial charge in [0.15, 0.2) is 49.9 Å². The van der Waals surface area contributed by atoms with Crippen LogP contribution in [0.4, 0.5) is 0 Å².